The maximum atomic E-state index is 14.4. The number of cyclic esters (lactones) is 1. The molecule has 272 valence electrons. The number of Topliss-reactive ketones (excluding diaryl/α,β-unsaturated/α-hetero) is 1. The van der Waals surface area contributed by atoms with Crippen LogP contribution in [0.15, 0.2) is 27.7 Å². The Balaban J connectivity index is 1.81. The zero-order valence-corrected chi connectivity index (χ0v) is 29.3. The van der Waals surface area contributed by atoms with Crippen LogP contribution in [0.5, 0.6) is 0 Å². The van der Waals surface area contributed by atoms with Gasteiger partial charge in [0.15, 0.2) is 23.3 Å². The minimum absolute atomic E-state index is 0.152. The number of ketones is 1. The first kappa shape index (κ1) is 40.3. The minimum Gasteiger partial charge on any atom is -0.457 e. The Morgan fingerprint density at radius 3 is 2.44 bits per heavy atom. The summed E-state index contributed by atoms with van der Waals surface area (Å²) in [5, 5.41) is 26.1. The van der Waals surface area contributed by atoms with Crippen molar-refractivity contribution in [3.05, 3.63) is 72.6 Å². The number of carbonyl (C=O) groups excluding carboxylic acids is 3. The van der Waals surface area contributed by atoms with Crippen molar-refractivity contribution in [1.82, 2.24) is 4.98 Å². The third-order valence-electron chi connectivity index (χ3n) is 8.89. The predicted molar refractivity (Wildman–Crippen MR) is 176 cm³/mol. The lowest BCUT2D eigenvalue weighted by molar-refractivity contribution is -0.154. The number of carbonyl (C=O) groups is 3. The second-order valence-corrected chi connectivity index (χ2v) is 14.0. The van der Waals surface area contributed by atoms with E-state index in [1.807, 2.05) is 19.9 Å². The molecule has 16 heteroatoms. The quantitative estimate of drug-likeness (QED) is 0.0578. The highest BCUT2D eigenvalue weighted by Gasteiger charge is 2.42. The molecule has 2 aromatic rings. The van der Waals surface area contributed by atoms with Crippen LogP contribution >= 0.6 is 11.3 Å². The molecular weight excluding hydrogens is 684 g/mol. The van der Waals surface area contributed by atoms with Crippen LogP contribution < -0.4 is 0 Å². The average Bonchev–Trinajstić information content (AvgIpc) is 3.52. The van der Waals surface area contributed by atoms with E-state index in [0.29, 0.717) is 24.1 Å². The number of allylic oxidation sites excluding steroid dienone is 1. The lowest BCUT2D eigenvalue weighted by Gasteiger charge is -2.34. The number of azide groups is 1. The highest BCUT2D eigenvalue weighted by atomic mass is 32.1. The number of aromatic nitrogens is 1. The summed E-state index contributed by atoms with van der Waals surface area (Å²) in [5.41, 5.74) is 5.75. The fourth-order valence-electron chi connectivity index (χ4n) is 5.54. The van der Waals surface area contributed by atoms with E-state index >= 15 is 0 Å². The van der Waals surface area contributed by atoms with Gasteiger partial charge >= 0.3 is 11.9 Å². The van der Waals surface area contributed by atoms with Gasteiger partial charge in [0.2, 0.25) is 0 Å². The molecule has 0 aliphatic carbocycles. The van der Waals surface area contributed by atoms with E-state index in [1.165, 1.54) is 13.8 Å². The number of hydrogen-bond donors (Lipinski definition) is 2. The van der Waals surface area contributed by atoms with Gasteiger partial charge in [-0.15, -0.1) is 11.3 Å². The van der Waals surface area contributed by atoms with Crippen LogP contribution in [-0.4, -0.2) is 51.2 Å². The summed E-state index contributed by atoms with van der Waals surface area (Å²) < 4.78 is 67.5. The number of benzene rings is 1. The second kappa shape index (κ2) is 17.2. The fraction of sp³-hybridized carbons (Fsp3) is 0.529. The normalized spacial score (nSPS) is 24.2. The SMILES string of the molecule is CC1=CC[C@@H](C(C)=Cc2csc(COC(=O)c3c(F)c(F)c(N=[N+]=[N-])c(F)c3F)n2)OC(=O)C[C@H](O)C(C)(C)C(=O)C(C)[C@@H](O)[C@@H](C)CCC1. The molecule has 0 amide bonds. The highest BCUT2D eigenvalue weighted by molar-refractivity contribution is 7.09. The van der Waals surface area contributed by atoms with E-state index in [2.05, 4.69) is 15.0 Å². The molecule has 2 N–H and O–H groups in total. The maximum absolute atomic E-state index is 14.4. The Morgan fingerprint density at radius 1 is 1.18 bits per heavy atom. The van der Waals surface area contributed by atoms with Gasteiger partial charge in [0.25, 0.3) is 0 Å². The number of nitrogens with zero attached hydrogens (tertiary/aromatic N) is 4. The summed E-state index contributed by atoms with van der Waals surface area (Å²) in [6.45, 7) is 9.58. The van der Waals surface area contributed by atoms with Crippen LogP contribution in [0.4, 0.5) is 23.2 Å². The molecule has 1 aliphatic rings. The first-order valence-corrected chi connectivity index (χ1v) is 16.7. The number of ether oxygens (including phenoxy) is 2. The molecule has 11 nitrogen and oxygen atoms in total. The van der Waals surface area contributed by atoms with Crippen LogP contribution in [0.25, 0.3) is 16.5 Å². The molecule has 2 heterocycles. The van der Waals surface area contributed by atoms with Gasteiger partial charge in [-0.1, -0.05) is 44.5 Å². The Hall–Kier alpha value is -4.11. The molecule has 0 radical (unpaired) electrons. The van der Waals surface area contributed by atoms with Gasteiger partial charge in [0.1, 0.15) is 34.8 Å². The van der Waals surface area contributed by atoms with Crippen molar-refractivity contribution in [3.63, 3.8) is 0 Å². The largest absolute Gasteiger partial charge is 0.457 e. The molecule has 0 saturated carbocycles. The predicted octanol–water partition coefficient (Wildman–Crippen LogP) is 7.81. The minimum atomic E-state index is -2.09. The number of esters is 2. The molecule has 0 bridgehead atoms. The van der Waals surface area contributed by atoms with Crippen LogP contribution in [0.3, 0.4) is 0 Å². The summed E-state index contributed by atoms with van der Waals surface area (Å²) in [6, 6.07) is 0. The Kier molecular flexibility index (Phi) is 13.9. The summed E-state index contributed by atoms with van der Waals surface area (Å²) in [5.74, 6) is -12.1. The van der Waals surface area contributed by atoms with E-state index in [0.717, 1.165) is 23.3 Å². The van der Waals surface area contributed by atoms with E-state index in [-0.39, 0.29) is 23.1 Å². The lowest BCUT2D eigenvalue weighted by Crippen LogP contribution is -2.45. The fourth-order valence-corrected chi connectivity index (χ4v) is 6.21. The third kappa shape index (κ3) is 9.56. The average molecular weight is 725 g/mol. The van der Waals surface area contributed by atoms with E-state index in [9.17, 15) is 42.2 Å². The molecule has 5 atom stereocenters. The van der Waals surface area contributed by atoms with Crippen molar-refractivity contribution in [1.29, 1.82) is 0 Å². The molecule has 1 aromatic carbocycles. The first-order chi connectivity index (χ1) is 23.4. The molecule has 1 aromatic heterocycles. The monoisotopic (exact) mass is 724 g/mol. The van der Waals surface area contributed by atoms with E-state index < -0.39 is 89.1 Å². The number of thiazole rings is 1. The first-order valence-electron chi connectivity index (χ1n) is 15.9. The molecule has 0 spiro atoms. The van der Waals surface area contributed by atoms with Crippen LogP contribution in [0.1, 0.15) is 94.7 Å². The van der Waals surface area contributed by atoms with Crippen LogP contribution in [-0.2, 0) is 25.7 Å². The van der Waals surface area contributed by atoms with Crippen LogP contribution in [0.2, 0.25) is 0 Å². The van der Waals surface area contributed by atoms with Gasteiger partial charge in [-0.25, -0.2) is 27.3 Å². The summed E-state index contributed by atoms with van der Waals surface area (Å²) >= 11 is 1.00. The standard InChI is InChI=1S/C34H40F4N4O7S/c1-16-8-7-9-17(2)31(45)19(4)32(46)34(5,6)22(43)13-24(44)49-21(11-10-16)18(3)12-20-15-50-23(40-20)14-48-33(47)25-26(35)28(37)30(41-42-39)29(38)27(25)36/h10,12,15,17,19,21-22,31,43,45H,7-9,11,13-14H2,1-6H3/t17-,19?,21-,22-,31-/m0/s1. The summed E-state index contributed by atoms with van der Waals surface area (Å²) in [4.78, 5) is 45.1. The van der Waals surface area contributed by atoms with Crippen molar-refractivity contribution in [2.24, 2.45) is 22.4 Å². The van der Waals surface area contributed by atoms with Gasteiger partial charge in [-0.2, -0.15) is 0 Å². The molecule has 1 unspecified atom stereocenters. The summed E-state index contributed by atoms with van der Waals surface area (Å²) in [6.07, 6.45) is 2.41. The molecule has 0 saturated heterocycles. The third-order valence-corrected chi connectivity index (χ3v) is 9.73. The van der Waals surface area contributed by atoms with Gasteiger partial charge in [-0.05, 0) is 56.2 Å². The zero-order chi connectivity index (χ0) is 37.5. The van der Waals surface area contributed by atoms with E-state index in [4.69, 9.17) is 15.0 Å². The lowest BCUT2D eigenvalue weighted by atomic mass is 9.73. The topological polar surface area (TPSA) is 172 Å². The number of rotatable bonds is 6. The molecule has 1 aliphatic heterocycles. The Bertz CT molecular complexity index is 1690. The highest BCUT2D eigenvalue weighted by Crippen LogP contribution is 2.33. The van der Waals surface area contributed by atoms with Gasteiger partial charge in [-0.3, -0.25) is 9.59 Å². The molecular formula is C34H40F4N4O7S. The number of hydrogen-bond acceptors (Lipinski definition) is 10. The van der Waals surface area contributed by atoms with Gasteiger partial charge < -0.3 is 19.7 Å². The Labute approximate surface area is 290 Å². The molecule has 3 rings (SSSR count). The zero-order valence-electron chi connectivity index (χ0n) is 28.5. The van der Waals surface area contributed by atoms with Gasteiger partial charge in [0.05, 0.1) is 29.7 Å². The van der Waals surface area contributed by atoms with E-state index in [1.54, 1.807) is 25.3 Å². The van der Waals surface area contributed by atoms with Crippen molar-refractivity contribution < 1.29 is 51.6 Å². The number of halogens is 4. The van der Waals surface area contributed by atoms with Crippen LogP contribution in [0, 0.1) is 40.5 Å². The summed E-state index contributed by atoms with van der Waals surface area (Å²) in [7, 11) is 0. The van der Waals surface area contributed by atoms with Crippen molar-refractivity contribution in [2.45, 2.75) is 98.6 Å². The second-order valence-electron chi connectivity index (χ2n) is 13.0. The maximum Gasteiger partial charge on any atom is 0.344 e. The Morgan fingerprint density at radius 2 is 1.82 bits per heavy atom. The molecule has 50 heavy (non-hydrogen) atoms. The molecule has 0 fully saturated rings. The smallest absolute Gasteiger partial charge is 0.344 e. The number of aliphatic hydroxyl groups excluding tert-OH is 2. The van der Waals surface area contributed by atoms with Gasteiger partial charge in [0, 0.05) is 22.6 Å². The number of aliphatic hydroxyl groups is 2. The van der Waals surface area contributed by atoms with Crippen molar-refractivity contribution >= 4 is 40.8 Å². The van der Waals surface area contributed by atoms with Crippen molar-refractivity contribution in [3.8, 4) is 0 Å². The van der Waals surface area contributed by atoms with Crippen molar-refractivity contribution in [2.75, 3.05) is 0 Å².